The predicted molar refractivity (Wildman–Crippen MR) is 89.0 cm³/mol. The number of rotatable bonds is 6. The van der Waals surface area contributed by atoms with E-state index in [1.807, 2.05) is 48.5 Å². The fourth-order valence-corrected chi connectivity index (χ4v) is 2.32. The number of methoxy groups -OCH3 is 1. The summed E-state index contributed by atoms with van der Waals surface area (Å²) < 4.78 is 5.36. The molecule has 0 unspecified atom stereocenters. The lowest BCUT2D eigenvalue weighted by Gasteiger charge is -2.16. The molecule has 2 rings (SSSR count). The molecule has 0 aliphatic heterocycles. The summed E-state index contributed by atoms with van der Waals surface area (Å²) in [5.74, 6) is 0.820. The van der Waals surface area contributed by atoms with Gasteiger partial charge < -0.3 is 15.4 Å². The van der Waals surface area contributed by atoms with Gasteiger partial charge in [0.15, 0.2) is 0 Å². The van der Waals surface area contributed by atoms with E-state index in [0.717, 1.165) is 29.1 Å². The van der Waals surface area contributed by atoms with Crippen LogP contribution < -0.4 is 15.4 Å². The zero-order valence-corrected chi connectivity index (χ0v) is 13.2. The Morgan fingerprint density at radius 3 is 2.68 bits per heavy atom. The smallest absolute Gasteiger partial charge is 0.221 e. The van der Waals surface area contributed by atoms with E-state index in [2.05, 4.69) is 17.6 Å². The average Bonchev–Trinajstić information content (AvgIpc) is 2.52. The lowest BCUT2D eigenvalue weighted by Crippen LogP contribution is -2.18. The first kappa shape index (κ1) is 16.0. The molecule has 1 amide bonds. The number of benzene rings is 2. The highest BCUT2D eigenvalue weighted by Crippen LogP contribution is 2.20. The number of nitrogens with one attached hydrogen (secondary N) is 2. The fourth-order valence-electron chi connectivity index (χ4n) is 2.32. The maximum absolute atomic E-state index is 11.1. The van der Waals surface area contributed by atoms with Crippen LogP contribution in [-0.4, -0.2) is 13.0 Å². The van der Waals surface area contributed by atoms with Gasteiger partial charge in [-0.05, 0) is 30.7 Å². The van der Waals surface area contributed by atoms with Crippen LogP contribution in [0.25, 0.3) is 0 Å². The summed E-state index contributed by atoms with van der Waals surface area (Å²) >= 11 is 0. The van der Waals surface area contributed by atoms with Gasteiger partial charge in [-0.1, -0.05) is 30.3 Å². The normalized spacial score (nSPS) is 11.8. The molecule has 4 heteroatoms. The van der Waals surface area contributed by atoms with Gasteiger partial charge in [0.1, 0.15) is 5.75 Å². The van der Waals surface area contributed by atoms with Crippen molar-refractivity contribution in [2.45, 2.75) is 26.4 Å². The van der Waals surface area contributed by atoms with Crippen molar-refractivity contribution in [2.24, 2.45) is 0 Å². The summed E-state index contributed by atoms with van der Waals surface area (Å²) in [5.41, 5.74) is 3.06. The standard InChI is InChI=1S/C18H22N2O2/c1-13(15-8-6-9-17(11-15)20-14(2)21)19-12-16-7-4-5-10-18(16)22-3/h4-11,13,19H,12H2,1-3H3,(H,20,21)/t13-/m1/s1. The van der Waals surface area contributed by atoms with Gasteiger partial charge in [0.25, 0.3) is 0 Å². The molecule has 4 nitrogen and oxygen atoms in total. The SMILES string of the molecule is COc1ccccc1CN[C@H](C)c1cccc(NC(C)=O)c1. The quantitative estimate of drug-likeness (QED) is 0.858. The van der Waals surface area contributed by atoms with Gasteiger partial charge in [-0.15, -0.1) is 0 Å². The topological polar surface area (TPSA) is 50.4 Å². The van der Waals surface area contributed by atoms with Crippen molar-refractivity contribution in [1.82, 2.24) is 5.32 Å². The number of carbonyl (C=O) groups excluding carboxylic acids is 1. The molecule has 0 aromatic heterocycles. The van der Waals surface area contributed by atoms with E-state index < -0.39 is 0 Å². The molecule has 0 bridgehead atoms. The largest absolute Gasteiger partial charge is 0.496 e. The Morgan fingerprint density at radius 1 is 1.18 bits per heavy atom. The molecule has 0 radical (unpaired) electrons. The molecule has 0 saturated heterocycles. The van der Waals surface area contributed by atoms with Gasteiger partial charge in [0.05, 0.1) is 7.11 Å². The van der Waals surface area contributed by atoms with E-state index in [4.69, 9.17) is 4.74 Å². The number of ether oxygens (including phenoxy) is 1. The molecule has 2 aromatic rings. The zero-order chi connectivity index (χ0) is 15.9. The summed E-state index contributed by atoms with van der Waals surface area (Å²) in [6.45, 7) is 4.33. The Bertz CT molecular complexity index is 640. The fraction of sp³-hybridized carbons (Fsp3) is 0.278. The van der Waals surface area contributed by atoms with Gasteiger partial charge in [0.2, 0.25) is 5.91 Å². The van der Waals surface area contributed by atoms with Crippen LogP contribution in [0.3, 0.4) is 0 Å². The third kappa shape index (κ3) is 4.33. The highest BCUT2D eigenvalue weighted by Gasteiger charge is 2.08. The average molecular weight is 298 g/mol. The maximum atomic E-state index is 11.1. The Morgan fingerprint density at radius 2 is 1.95 bits per heavy atom. The minimum absolute atomic E-state index is 0.0632. The van der Waals surface area contributed by atoms with Crippen molar-refractivity contribution < 1.29 is 9.53 Å². The highest BCUT2D eigenvalue weighted by atomic mass is 16.5. The van der Waals surface area contributed by atoms with Crippen LogP contribution in [0.4, 0.5) is 5.69 Å². The molecule has 22 heavy (non-hydrogen) atoms. The van der Waals surface area contributed by atoms with Crippen LogP contribution >= 0.6 is 0 Å². The van der Waals surface area contributed by atoms with Gasteiger partial charge in [-0.2, -0.15) is 0 Å². The first-order valence-electron chi connectivity index (χ1n) is 7.33. The molecule has 1 atom stereocenters. The summed E-state index contributed by atoms with van der Waals surface area (Å²) in [6.07, 6.45) is 0. The zero-order valence-electron chi connectivity index (χ0n) is 13.2. The van der Waals surface area contributed by atoms with Crippen LogP contribution in [0.1, 0.15) is 31.0 Å². The minimum atomic E-state index is -0.0632. The molecular formula is C18H22N2O2. The van der Waals surface area contributed by atoms with Gasteiger partial charge in [0, 0.05) is 30.8 Å². The van der Waals surface area contributed by atoms with E-state index >= 15 is 0 Å². The summed E-state index contributed by atoms with van der Waals surface area (Å²) in [4.78, 5) is 11.1. The van der Waals surface area contributed by atoms with E-state index in [9.17, 15) is 4.79 Å². The van der Waals surface area contributed by atoms with Crippen molar-refractivity contribution in [1.29, 1.82) is 0 Å². The molecule has 0 aliphatic carbocycles. The number of carbonyl (C=O) groups is 1. The second kappa shape index (κ2) is 7.61. The summed E-state index contributed by atoms with van der Waals surface area (Å²) in [6, 6.07) is 16.0. The molecule has 0 spiro atoms. The number of hydrogen-bond acceptors (Lipinski definition) is 3. The second-order valence-corrected chi connectivity index (χ2v) is 5.22. The monoisotopic (exact) mass is 298 g/mol. The van der Waals surface area contributed by atoms with Gasteiger partial charge in [-0.25, -0.2) is 0 Å². The number of hydrogen-bond donors (Lipinski definition) is 2. The Hall–Kier alpha value is -2.33. The molecule has 0 fully saturated rings. The van der Waals surface area contributed by atoms with E-state index in [0.29, 0.717) is 0 Å². The number of amides is 1. The molecule has 0 saturated carbocycles. The van der Waals surface area contributed by atoms with E-state index in [1.165, 1.54) is 6.92 Å². The lowest BCUT2D eigenvalue weighted by molar-refractivity contribution is -0.114. The Kier molecular flexibility index (Phi) is 5.55. The van der Waals surface area contributed by atoms with Crippen LogP contribution in [0, 0.1) is 0 Å². The maximum Gasteiger partial charge on any atom is 0.221 e. The van der Waals surface area contributed by atoms with Crippen LogP contribution in [0.15, 0.2) is 48.5 Å². The van der Waals surface area contributed by atoms with Crippen molar-refractivity contribution in [3.63, 3.8) is 0 Å². The van der Waals surface area contributed by atoms with Crippen LogP contribution in [0.5, 0.6) is 5.75 Å². The predicted octanol–water partition coefficient (Wildman–Crippen LogP) is 3.50. The van der Waals surface area contributed by atoms with Crippen LogP contribution in [-0.2, 0) is 11.3 Å². The Labute approximate surface area is 131 Å². The third-order valence-corrected chi connectivity index (χ3v) is 3.50. The minimum Gasteiger partial charge on any atom is -0.496 e. The second-order valence-electron chi connectivity index (χ2n) is 5.22. The number of para-hydroxylation sites is 1. The molecule has 116 valence electrons. The molecule has 0 heterocycles. The Balaban J connectivity index is 2.03. The highest BCUT2D eigenvalue weighted by molar-refractivity contribution is 5.88. The first-order chi connectivity index (χ1) is 10.6. The van der Waals surface area contributed by atoms with E-state index in [-0.39, 0.29) is 11.9 Å². The van der Waals surface area contributed by atoms with Crippen molar-refractivity contribution in [3.8, 4) is 5.75 Å². The lowest BCUT2D eigenvalue weighted by atomic mass is 10.1. The molecule has 0 aliphatic rings. The molecule has 2 N–H and O–H groups in total. The van der Waals surface area contributed by atoms with Crippen LogP contribution in [0.2, 0.25) is 0 Å². The third-order valence-electron chi connectivity index (χ3n) is 3.50. The van der Waals surface area contributed by atoms with Crippen molar-refractivity contribution in [3.05, 3.63) is 59.7 Å². The van der Waals surface area contributed by atoms with Crippen molar-refractivity contribution in [2.75, 3.05) is 12.4 Å². The van der Waals surface area contributed by atoms with Crippen molar-refractivity contribution >= 4 is 11.6 Å². The molecular weight excluding hydrogens is 276 g/mol. The summed E-state index contributed by atoms with van der Waals surface area (Å²) in [7, 11) is 1.68. The van der Waals surface area contributed by atoms with Gasteiger partial charge in [-0.3, -0.25) is 4.79 Å². The number of anilines is 1. The first-order valence-corrected chi connectivity index (χ1v) is 7.33. The van der Waals surface area contributed by atoms with E-state index in [1.54, 1.807) is 7.11 Å². The summed E-state index contributed by atoms with van der Waals surface area (Å²) in [5, 5.41) is 6.28. The van der Waals surface area contributed by atoms with Gasteiger partial charge >= 0.3 is 0 Å². The molecule has 2 aromatic carbocycles.